The van der Waals surface area contributed by atoms with Crippen LogP contribution < -0.4 is 0 Å². The van der Waals surface area contributed by atoms with Crippen molar-refractivity contribution in [2.75, 3.05) is 20.8 Å². The van der Waals surface area contributed by atoms with Gasteiger partial charge in [0.1, 0.15) is 17.9 Å². The van der Waals surface area contributed by atoms with E-state index in [1.807, 2.05) is 32.9 Å². The monoisotopic (exact) mass is 747 g/mol. The maximum atomic E-state index is 14.2. The van der Waals surface area contributed by atoms with E-state index in [0.29, 0.717) is 63.4 Å². The summed E-state index contributed by atoms with van der Waals surface area (Å²) in [6.45, 7) is 11.2. The predicted molar refractivity (Wildman–Crippen MR) is 197 cm³/mol. The molecule has 1 unspecified atom stereocenters. The smallest absolute Gasteiger partial charge is 0.329 e. The molecule has 3 aliphatic heterocycles. The number of methoxy groups -OCH3 is 2. The average Bonchev–Trinajstić information content (AvgIpc) is 3.13. The number of cyclic esters (lactones) is 1. The Labute approximate surface area is 315 Å². The van der Waals surface area contributed by atoms with Gasteiger partial charge in [-0.2, -0.15) is 0 Å². The maximum Gasteiger partial charge on any atom is 0.329 e. The number of allylic oxidation sites excluding steroid dienone is 3. The molecular formula is C41H65NO11. The van der Waals surface area contributed by atoms with Crippen molar-refractivity contribution in [2.24, 2.45) is 29.6 Å². The number of aliphatic hydroxyl groups excluding tert-OH is 2. The Morgan fingerprint density at radius 2 is 1.60 bits per heavy atom. The third-order valence-corrected chi connectivity index (χ3v) is 12.3. The highest BCUT2D eigenvalue weighted by molar-refractivity contribution is 6.39. The Kier molecular flexibility index (Phi) is 15.4. The lowest BCUT2D eigenvalue weighted by atomic mass is 9.82. The van der Waals surface area contributed by atoms with Crippen molar-refractivity contribution in [3.05, 3.63) is 23.3 Å². The minimum atomic E-state index is -2.40. The first-order valence-corrected chi connectivity index (χ1v) is 19.8. The van der Waals surface area contributed by atoms with Crippen LogP contribution in [0.1, 0.15) is 112 Å². The number of amides is 1. The Morgan fingerprint density at radius 3 is 2.28 bits per heavy atom. The van der Waals surface area contributed by atoms with Gasteiger partial charge in [0, 0.05) is 44.9 Å². The van der Waals surface area contributed by atoms with Crippen LogP contribution in [0.3, 0.4) is 0 Å². The number of piperidine rings is 1. The van der Waals surface area contributed by atoms with E-state index in [1.54, 1.807) is 28.1 Å². The van der Waals surface area contributed by atoms with E-state index in [9.17, 15) is 34.5 Å². The first-order valence-electron chi connectivity index (χ1n) is 19.8. The summed E-state index contributed by atoms with van der Waals surface area (Å²) < 4.78 is 23.6. The van der Waals surface area contributed by atoms with E-state index in [-0.39, 0.29) is 43.1 Å². The van der Waals surface area contributed by atoms with Gasteiger partial charge in [0.25, 0.3) is 11.7 Å². The number of nitrogens with zero attached hydrogens (tertiary/aromatic N) is 1. The fraction of sp³-hybridized carbons (Fsp3) is 0.805. The highest BCUT2D eigenvalue weighted by atomic mass is 16.7. The van der Waals surface area contributed by atoms with Crippen LogP contribution >= 0.6 is 0 Å². The van der Waals surface area contributed by atoms with E-state index in [4.69, 9.17) is 18.9 Å². The van der Waals surface area contributed by atoms with Crippen molar-refractivity contribution < 1.29 is 53.4 Å². The van der Waals surface area contributed by atoms with Gasteiger partial charge in [-0.1, -0.05) is 45.4 Å². The molecule has 3 N–H and O–H groups in total. The van der Waals surface area contributed by atoms with E-state index >= 15 is 0 Å². The summed E-state index contributed by atoms with van der Waals surface area (Å²) in [5.41, 5.74) is 1.70. The fourth-order valence-electron chi connectivity index (χ4n) is 8.86. The first-order chi connectivity index (χ1) is 25.0. The number of esters is 1. The number of ketones is 2. The van der Waals surface area contributed by atoms with Crippen LogP contribution in [0, 0.1) is 29.6 Å². The molecule has 13 atom stereocenters. The number of Topliss-reactive ketones (excluding diaryl/α,β-unsaturated/α-hetero) is 2. The zero-order valence-corrected chi connectivity index (χ0v) is 33.1. The van der Waals surface area contributed by atoms with E-state index < -0.39 is 77.8 Å². The van der Waals surface area contributed by atoms with Gasteiger partial charge in [-0.05, 0) is 95.5 Å². The molecule has 0 aromatic heterocycles. The zero-order valence-electron chi connectivity index (χ0n) is 33.1. The minimum absolute atomic E-state index is 0.0128. The van der Waals surface area contributed by atoms with Crippen molar-refractivity contribution in [1.29, 1.82) is 0 Å². The molecule has 4 aliphatic rings. The summed E-state index contributed by atoms with van der Waals surface area (Å²) in [5, 5.41) is 33.7. The summed E-state index contributed by atoms with van der Waals surface area (Å²) in [6.07, 6.45) is 5.14. The van der Waals surface area contributed by atoms with Gasteiger partial charge < -0.3 is 39.2 Å². The van der Waals surface area contributed by atoms with Gasteiger partial charge in [0.2, 0.25) is 5.79 Å². The fourth-order valence-corrected chi connectivity index (χ4v) is 8.86. The molecule has 12 nitrogen and oxygen atoms in total. The summed E-state index contributed by atoms with van der Waals surface area (Å²) in [7, 11) is 3.13. The molecule has 1 aliphatic carbocycles. The number of fused-ring (bicyclic) bond motifs is 3. The Balaban J connectivity index is 1.71. The number of aliphatic hydroxyl groups is 3. The van der Waals surface area contributed by atoms with Crippen molar-refractivity contribution >= 4 is 23.4 Å². The number of hydrogen-bond donors (Lipinski definition) is 3. The van der Waals surface area contributed by atoms with Crippen LogP contribution in [0.2, 0.25) is 0 Å². The average molecular weight is 748 g/mol. The third-order valence-electron chi connectivity index (χ3n) is 12.3. The van der Waals surface area contributed by atoms with Gasteiger partial charge in [-0.15, -0.1) is 0 Å². The minimum Gasteiger partial charge on any atom is -0.456 e. The van der Waals surface area contributed by atoms with E-state index in [2.05, 4.69) is 6.92 Å². The predicted octanol–water partition coefficient (Wildman–Crippen LogP) is 4.46. The third kappa shape index (κ3) is 10.4. The highest BCUT2D eigenvalue weighted by Gasteiger charge is 2.55. The van der Waals surface area contributed by atoms with Crippen molar-refractivity contribution in [3.63, 3.8) is 0 Å². The van der Waals surface area contributed by atoms with Gasteiger partial charge >= 0.3 is 5.97 Å². The molecule has 2 bridgehead atoms. The molecule has 0 aromatic rings. The Hall–Kier alpha value is -2.48. The second-order valence-electron chi connectivity index (χ2n) is 16.6. The molecule has 12 heteroatoms. The van der Waals surface area contributed by atoms with Crippen LogP contribution in [0.5, 0.6) is 0 Å². The summed E-state index contributed by atoms with van der Waals surface area (Å²) in [4.78, 5) is 56.9. The second kappa shape index (κ2) is 18.9. The second-order valence-corrected chi connectivity index (χ2v) is 16.6. The van der Waals surface area contributed by atoms with Crippen molar-refractivity contribution in [1.82, 2.24) is 4.90 Å². The largest absolute Gasteiger partial charge is 0.456 e. The zero-order chi connectivity index (χ0) is 39.2. The molecule has 1 amide bonds. The molecule has 0 radical (unpaired) electrons. The molecule has 53 heavy (non-hydrogen) atoms. The SMILES string of the molecule is CO[C@H]1C[C@@H](C)[C@@]2(O)O[C@@H]1CC[C@@H](C)C/C(C)=C/C(C)C(=O)C[C@H](O)[C@@H](C)[C@@H](/C(C)=C/[C@@H]1CC[C@@H](O)[C@H](OC)C1)OC(=O)[C@@H]1CCCCN1C(=O)C2=O. The summed E-state index contributed by atoms with van der Waals surface area (Å²) >= 11 is 0. The van der Waals surface area contributed by atoms with Gasteiger partial charge in [-0.25, -0.2) is 4.79 Å². The summed E-state index contributed by atoms with van der Waals surface area (Å²) in [6, 6.07) is -1.10. The maximum absolute atomic E-state index is 14.2. The Bertz CT molecular complexity index is 1360. The number of ether oxygens (including phenoxy) is 4. The van der Waals surface area contributed by atoms with Crippen LogP contribution in [0.15, 0.2) is 23.3 Å². The highest BCUT2D eigenvalue weighted by Crippen LogP contribution is 2.38. The molecular weight excluding hydrogens is 682 g/mol. The van der Waals surface area contributed by atoms with Crippen molar-refractivity contribution in [2.45, 2.75) is 161 Å². The Morgan fingerprint density at radius 1 is 0.906 bits per heavy atom. The number of carbonyl (C=O) groups is 4. The molecule has 0 spiro atoms. The van der Waals surface area contributed by atoms with Gasteiger partial charge in [-0.3, -0.25) is 14.4 Å². The molecule has 0 aromatic carbocycles. The van der Waals surface area contributed by atoms with Crippen LogP contribution in [0.4, 0.5) is 0 Å². The van der Waals surface area contributed by atoms with Gasteiger partial charge in [0.15, 0.2) is 0 Å². The molecule has 2 saturated heterocycles. The number of carbonyl (C=O) groups excluding carboxylic acids is 4. The molecule has 300 valence electrons. The molecule has 4 rings (SSSR count). The lowest BCUT2D eigenvalue weighted by Gasteiger charge is -2.45. The number of rotatable bonds is 4. The number of hydrogen-bond acceptors (Lipinski definition) is 11. The normalized spacial score (nSPS) is 41.8. The lowest BCUT2D eigenvalue weighted by Crippen LogP contribution is -2.62. The quantitative estimate of drug-likeness (QED) is 0.211. The van der Waals surface area contributed by atoms with Gasteiger partial charge in [0.05, 0.1) is 30.5 Å². The molecule has 3 heterocycles. The topological polar surface area (TPSA) is 169 Å². The summed E-state index contributed by atoms with van der Waals surface area (Å²) in [5.74, 6) is -7.07. The van der Waals surface area contributed by atoms with Crippen molar-refractivity contribution in [3.8, 4) is 0 Å². The van der Waals surface area contributed by atoms with Crippen LogP contribution in [-0.4, -0.2) is 113 Å². The molecule has 1 saturated carbocycles. The van der Waals surface area contributed by atoms with E-state index in [0.717, 1.165) is 5.57 Å². The van der Waals surface area contributed by atoms with Crippen LogP contribution in [-0.2, 0) is 38.1 Å². The standard InChI is InChI=1S/C41H65NO11/c1-23-12-15-34-36(51-8)20-27(5)41(49,53-34)38(46)39(47)42-16-10-9-11-30(42)40(48)52-37(26(4)19-29-13-14-31(43)35(21-29)50-7)28(6)33(45)22-32(44)25(3)18-24(2)17-23/h18-19,23,25,27-31,33-37,43,45,49H,9-17,20-22H2,1-8H3/b24-18+,26-19+/t23-,25?,27-,28-,29+,30+,31-,33+,34-,35-,36+,37-,41-/m1/s1. The molecule has 3 fully saturated rings. The first kappa shape index (κ1) is 43.3. The van der Waals surface area contributed by atoms with E-state index in [1.165, 1.54) is 4.90 Å². The lowest BCUT2D eigenvalue weighted by molar-refractivity contribution is -0.287. The van der Waals surface area contributed by atoms with Crippen LogP contribution in [0.25, 0.3) is 0 Å².